The summed E-state index contributed by atoms with van der Waals surface area (Å²) < 4.78 is 0. The molecule has 0 radical (unpaired) electrons. The van der Waals surface area contributed by atoms with Crippen LogP contribution in [-0.2, 0) is 13.1 Å². The first-order valence-electron chi connectivity index (χ1n) is 16.8. The lowest BCUT2D eigenvalue weighted by molar-refractivity contribution is 0.253. The first-order chi connectivity index (χ1) is 21.3. The number of hydrogen-bond donors (Lipinski definition) is 0. The zero-order valence-electron chi connectivity index (χ0n) is 26.0. The second kappa shape index (κ2) is 14.7. The Morgan fingerprint density at radius 2 is 0.721 bits per heavy atom. The fourth-order valence-corrected chi connectivity index (χ4v) is 7.04. The molecular weight excluding hydrogens is 518 g/mol. The Labute approximate surface area is 258 Å². The summed E-state index contributed by atoms with van der Waals surface area (Å²) in [5.41, 5.74) is 2.93. The Balaban J connectivity index is 1.28. The monoisotopic (exact) mass is 565 g/mol. The molecule has 1 heteroatoms. The Hall–Kier alpha value is -3.68. The molecule has 0 aromatic heterocycles. The van der Waals surface area contributed by atoms with Gasteiger partial charge in [-0.05, 0) is 79.3 Å². The minimum absolute atomic E-state index is 0.955. The highest BCUT2D eigenvalue weighted by molar-refractivity contribution is 6.03. The SMILES string of the molecule is CCCCCCCCCCCCN(Cc1c2ccccc2cc2ccccc12)Cc1c2ccccc2cc2ccccc12. The second-order valence-corrected chi connectivity index (χ2v) is 12.5. The third-order valence-corrected chi connectivity index (χ3v) is 9.36. The molecule has 0 bridgehead atoms. The van der Waals surface area contributed by atoms with E-state index in [0.29, 0.717) is 0 Å². The maximum Gasteiger partial charge on any atom is 0.0249 e. The summed E-state index contributed by atoms with van der Waals surface area (Å²) in [6.45, 7) is 5.33. The molecule has 0 aliphatic rings. The van der Waals surface area contributed by atoms with Crippen molar-refractivity contribution in [1.82, 2.24) is 4.90 Å². The van der Waals surface area contributed by atoms with Crippen LogP contribution in [-0.4, -0.2) is 11.4 Å². The largest absolute Gasteiger partial charge is 0.295 e. The number of benzene rings is 6. The van der Waals surface area contributed by atoms with E-state index in [2.05, 4.69) is 121 Å². The maximum absolute atomic E-state index is 2.74. The van der Waals surface area contributed by atoms with Crippen molar-refractivity contribution in [2.24, 2.45) is 0 Å². The standard InChI is InChI=1S/C42H47N/c1-2-3-4-5-6-7-8-9-10-19-28-43(31-41-37-24-15-11-20-33(37)29-34-21-12-16-25-38(34)41)32-42-39-26-17-13-22-35(39)30-36-23-14-18-27-40(36)42/h11-18,20-27,29-30H,2-10,19,28,31-32H2,1H3. The molecule has 6 aromatic rings. The van der Waals surface area contributed by atoms with E-state index in [-0.39, 0.29) is 0 Å². The van der Waals surface area contributed by atoms with Gasteiger partial charge in [0, 0.05) is 13.1 Å². The molecule has 0 heterocycles. The number of rotatable bonds is 15. The van der Waals surface area contributed by atoms with Crippen molar-refractivity contribution in [3.63, 3.8) is 0 Å². The van der Waals surface area contributed by atoms with Crippen LogP contribution in [0.25, 0.3) is 43.1 Å². The number of hydrogen-bond acceptors (Lipinski definition) is 1. The van der Waals surface area contributed by atoms with Crippen molar-refractivity contribution in [3.05, 3.63) is 120 Å². The van der Waals surface area contributed by atoms with Gasteiger partial charge in [0.1, 0.15) is 0 Å². The zero-order chi connectivity index (χ0) is 29.3. The topological polar surface area (TPSA) is 3.24 Å². The summed E-state index contributed by atoms with van der Waals surface area (Å²) in [7, 11) is 0. The minimum Gasteiger partial charge on any atom is -0.295 e. The maximum atomic E-state index is 2.74. The quantitative estimate of drug-likeness (QED) is 0.0884. The third-order valence-electron chi connectivity index (χ3n) is 9.36. The van der Waals surface area contributed by atoms with E-state index in [0.717, 1.165) is 19.6 Å². The van der Waals surface area contributed by atoms with E-state index in [1.165, 1.54) is 118 Å². The van der Waals surface area contributed by atoms with Gasteiger partial charge < -0.3 is 0 Å². The minimum atomic E-state index is 0.955. The van der Waals surface area contributed by atoms with Gasteiger partial charge in [-0.15, -0.1) is 0 Å². The van der Waals surface area contributed by atoms with Gasteiger partial charge in [-0.2, -0.15) is 0 Å². The van der Waals surface area contributed by atoms with Crippen LogP contribution in [0.3, 0.4) is 0 Å². The van der Waals surface area contributed by atoms with Crippen molar-refractivity contribution in [3.8, 4) is 0 Å². The number of fused-ring (bicyclic) bond motifs is 4. The van der Waals surface area contributed by atoms with E-state index in [9.17, 15) is 0 Å². The molecule has 6 rings (SSSR count). The van der Waals surface area contributed by atoms with Gasteiger partial charge in [0.15, 0.2) is 0 Å². The molecule has 0 atom stereocenters. The summed E-state index contributed by atoms with van der Waals surface area (Å²) in [5.74, 6) is 0. The highest BCUT2D eigenvalue weighted by atomic mass is 15.1. The first kappa shape index (κ1) is 29.4. The molecule has 43 heavy (non-hydrogen) atoms. The van der Waals surface area contributed by atoms with Crippen LogP contribution in [0.1, 0.15) is 82.3 Å². The Morgan fingerprint density at radius 3 is 1.09 bits per heavy atom. The molecule has 0 spiro atoms. The number of nitrogens with zero attached hydrogens (tertiary/aromatic N) is 1. The molecule has 0 saturated carbocycles. The summed E-state index contributed by atoms with van der Waals surface area (Å²) in [6, 6.07) is 40.6. The predicted molar refractivity (Wildman–Crippen MR) is 189 cm³/mol. The van der Waals surface area contributed by atoms with Crippen LogP contribution < -0.4 is 0 Å². The Bertz CT molecular complexity index is 1550. The first-order valence-corrected chi connectivity index (χ1v) is 16.8. The van der Waals surface area contributed by atoms with Crippen molar-refractivity contribution in [2.75, 3.05) is 6.54 Å². The highest BCUT2D eigenvalue weighted by Crippen LogP contribution is 2.33. The van der Waals surface area contributed by atoms with E-state index < -0.39 is 0 Å². The van der Waals surface area contributed by atoms with Gasteiger partial charge in [0.25, 0.3) is 0 Å². The average Bonchev–Trinajstić information content (AvgIpc) is 3.05. The van der Waals surface area contributed by atoms with Crippen LogP contribution in [0.4, 0.5) is 0 Å². The number of unbranched alkanes of at least 4 members (excludes halogenated alkanes) is 9. The summed E-state index contributed by atoms with van der Waals surface area (Å²) in [6.07, 6.45) is 13.7. The van der Waals surface area contributed by atoms with Crippen molar-refractivity contribution >= 4 is 43.1 Å². The Kier molecular flexibility index (Phi) is 10.0. The molecule has 0 amide bonds. The Morgan fingerprint density at radius 1 is 0.395 bits per heavy atom. The highest BCUT2D eigenvalue weighted by Gasteiger charge is 2.16. The molecular formula is C42H47N. The fourth-order valence-electron chi connectivity index (χ4n) is 7.04. The van der Waals surface area contributed by atoms with Gasteiger partial charge in [-0.1, -0.05) is 162 Å². The smallest absolute Gasteiger partial charge is 0.0249 e. The van der Waals surface area contributed by atoms with Crippen LogP contribution in [0.15, 0.2) is 109 Å². The molecule has 0 aliphatic carbocycles. The van der Waals surface area contributed by atoms with E-state index in [1.807, 2.05) is 0 Å². The molecule has 0 saturated heterocycles. The third kappa shape index (κ3) is 7.11. The van der Waals surface area contributed by atoms with Gasteiger partial charge in [0.2, 0.25) is 0 Å². The fraction of sp³-hybridized carbons (Fsp3) is 0.333. The lowest BCUT2D eigenvalue weighted by Crippen LogP contribution is -2.24. The molecule has 0 aliphatic heterocycles. The van der Waals surface area contributed by atoms with Crippen LogP contribution in [0.2, 0.25) is 0 Å². The van der Waals surface area contributed by atoms with Crippen LogP contribution in [0.5, 0.6) is 0 Å². The molecule has 0 N–H and O–H groups in total. The lowest BCUT2D eigenvalue weighted by atomic mass is 9.94. The van der Waals surface area contributed by atoms with E-state index >= 15 is 0 Å². The molecule has 0 unspecified atom stereocenters. The summed E-state index contributed by atoms with van der Waals surface area (Å²) in [5, 5.41) is 10.9. The van der Waals surface area contributed by atoms with Gasteiger partial charge >= 0.3 is 0 Å². The van der Waals surface area contributed by atoms with Gasteiger partial charge in [0.05, 0.1) is 0 Å². The average molecular weight is 566 g/mol. The predicted octanol–water partition coefficient (Wildman–Crippen LogP) is 12.2. The van der Waals surface area contributed by atoms with Crippen molar-refractivity contribution in [1.29, 1.82) is 0 Å². The normalized spacial score (nSPS) is 11.9. The van der Waals surface area contributed by atoms with E-state index in [4.69, 9.17) is 0 Å². The molecule has 220 valence electrons. The van der Waals surface area contributed by atoms with Gasteiger partial charge in [-0.25, -0.2) is 0 Å². The lowest BCUT2D eigenvalue weighted by Gasteiger charge is -2.26. The molecule has 0 fully saturated rings. The van der Waals surface area contributed by atoms with Crippen LogP contribution >= 0.6 is 0 Å². The van der Waals surface area contributed by atoms with Crippen molar-refractivity contribution in [2.45, 2.75) is 84.2 Å². The van der Waals surface area contributed by atoms with Crippen molar-refractivity contribution < 1.29 is 0 Å². The van der Waals surface area contributed by atoms with Gasteiger partial charge in [-0.3, -0.25) is 4.90 Å². The van der Waals surface area contributed by atoms with E-state index in [1.54, 1.807) is 0 Å². The van der Waals surface area contributed by atoms with Crippen LogP contribution in [0, 0.1) is 0 Å². The second-order valence-electron chi connectivity index (χ2n) is 12.5. The summed E-state index contributed by atoms with van der Waals surface area (Å²) >= 11 is 0. The zero-order valence-corrected chi connectivity index (χ0v) is 26.0. The molecule has 6 aromatic carbocycles. The summed E-state index contributed by atoms with van der Waals surface area (Å²) in [4.78, 5) is 2.74. The molecule has 1 nitrogen and oxygen atoms in total.